The molecule has 0 atom stereocenters. The lowest BCUT2D eigenvalue weighted by Crippen LogP contribution is -2.33. The molecule has 31 heavy (non-hydrogen) atoms. The number of amides is 1. The average Bonchev–Trinajstić information content (AvgIpc) is 3.21. The number of anilines is 1. The molecular formula is C27H35N3O. The van der Waals surface area contributed by atoms with Crippen LogP contribution in [0.4, 0.5) is 5.69 Å². The zero-order valence-corrected chi connectivity index (χ0v) is 18.7. The number of nitrogens with zero attached hydrogens (tertiary/aromatic N) is 2. The predicted octanol–water partition coefficient (Wildman–Crippen LogP) is 6.04. The van der Waals surface area contributed by atoms with Crippen LogP contribution in [0.3, 0.4) is 0 Å². The molecule has 4 rings (SSSR count). The van der Waals surface area contributed by atoms with Crippen molar-refractivity contribution < 1.29 is 4.79 Å². The molecule has 1 N–H and O–H groups in total. The summed E-state index contributed by atoms with van der Waals surface area (Å²) in [6.07, 6.45) is 8.62. The van der Waals surface area contributed by atoms with Gasteiger partial charge in [-0.05, 0) is 92.9 Å². The molecule has 1 fully saturated rings. The lowest BCUT2D eigenvalue weighted by molar-refractivity contribution is -0.116. The van der Waals surface area contributed by atoms with Crippen LogP contribution < -0.4 is 5.32 Å². The van der Waals surface area contributed by atoms with Gasteiger partial charge < -0.3 is 14.8 Å². The molecule has 0 saturated carbocycles. The van der Waals surface area contributed by atoms with Gasteiger partial charge in [-0.2, -0.15) is 0 Å². The predicted molar refractivity (Wildman–Crippen MR) is 130 cm³/mol. The number of fused-ring (bicyclic) bond motifs is 1. The first kappa shape index (κ1) is 21.6. The Hall–Kier alpha value is -2.59. The Kier molecular flexibility index (Phi) is 7.42. The summed E-state index contributed by atoms with van der Waals surface area (Å²) in [6.45, 7) is 6.71. The molecule has 1 amide bonds. The number of unbranched alkanes of at least 4 members (excludes halogenated alkanes) is 1. The Bertz CT molecular complexity index is 968. The molecule has 0 aliphatic carbocycles. The largest absolute Gasteiger partial charge is 0.347 e. The van der Waals surface area contributed by atoms with Crippen molar-refractivity contribution in [1.82, 2.24) is 9.47 Å². The second-order valence-corrected chi connectivity index (χ2v) is 8.81. The van der Waals surface area contributed by atoms with E-state index in [1.807, 2.05) is 6.92 Å². The van der Waals surface area contributed by atoms with Crippen molar-refractivity contribution in [3.05, 3.63) is 66.4 Å². The Morgan fingerprint density at radius 2 is 1.71 bits per heavy atom. The quantitative estimate of drug-likeness (QED) is 0.431. The number of hydrogen-bond acceptors (Lipinski definition) is 2. The first-order valence-electron chi connectivity index (χ1n) is 11.9. The fraction of sp³-hybridized carbons (Fsp3) is 0.444. The molecule has 1 aromatic heterocycles. The van der Waals surface area contributed by atoms with Gasteiger partial charge in [-0.1, -0.05) is 37.3 Å². The summed E-state index contributed by atoms with van der Waals surface area (Å²) in [5, 5.41) is 4.31. The number of aromatic nitrogens is 1. The van der Waals surface area contributed by atoms with Gasteiger partial charge in [0.25, 0.3) is 0 Å². The highest BCUT2D eigenvalue weighted by Crippen LogP contribution is 2.29. The Labute approximate surface area is 186 Å². The van der Waals surface area contributed by atoms with Crippen LogP contribution in [0.25, 0.3) is 10.9 Å². The normalized spacial score (nSPS) is 15.4. The number of rotatable bonds is 9. The van der Waals surface area contributed by atoms with E-state index in [1.54, 1.807) is 0 Å². The van der Waals surface area contributed by atoms with E-state index in [1.165, 1.54) is 61.8 Å². The Morgan fingerprint density at radius 1 is 0.968 bits per heavy atom. The number of hydrogen-bond donors (Lipinski definition) is 1. The van der Waals surface area contributed by atoms with Crippen LogP contribution in [0.2, 0.25) is 0 Å². The second kappa shape index (κ2) is 10.6. The van der Waals surface area contributed by atoms with Gasteiger partial charge in [-0.15, -0.1) is 0 Å². The van der Waals surface area contributed by atoms with Gasteiger partial charge in [0, 0.05) is 30.4 Å². The van der Waals surface area contributed by atoms with E-state index in [0.29, 0.717) is 12.3 Å². The highest BCUT2D eigenvalue weighted by Gasteiger charge is 2.20. The van der Waals surface area contributed by atoms with E-state index in [9.17, 15) is 4.79 Å². The van der Waals surface area contributed by atoms with Crippen molar-refractivity contribution in [2.24, 2.45) is 0 Å². The molecule has 1 aliphatic heterocycles. The molecule has 0 spiro atoms. The minimum atomic E-state index is 0.105. The van der Waals surface area contributed by atoms with Crippen molar-refractivity contribution in [3.8, 4) is 0 Å². The smallest absolute Gasteiger partial charge is 0.224 e. The SMILES string of the molecule is CCCC(=O)Nc1ccc(C2CCN(CCCCn3ccc4ccccc43)CC2)cc1. The van der Waals surface area contributed by atoms with Crippen LogP contribution in [0, 0.1) is 0 Å². The van der Waals surface area contributed by atoms with E-state index in [-0.39, 0.29) is 5.91 Å². The van der Waals surface area contributed by atoms with Crippen LogP contribution in [0.15, 0.2) is 60.8 Å². The lowest BCUT2D eigenvalue weighted by atomic mass is 9.89. The third-order valence-corrected chi connectivity index (χ3v) is 6.53. The zero-order valence-electron chi connectivity index (χ0n) is 18.7. The molecule has 2 aromatic carbocycles. The second-order valence-electron chi connectivity index (χ2n) is 8.81. The Balaban J connectivity index is 1.17. The number of carbonyl (C=O) groups excluding carboxylic acids is 1. The van der Waals surface area contributed by atoms with E-state index >= 15 is 0 Å². The minimum absolute atomic E-state index is 0.105. The van der Waals surface area contributed by atoms with Gasteiger partial charge in [0.1, 0.15) is 0 Å². The summed E-state index contributed by atoms with van der Waals surface area (Å²) in [5.74, 6) is 0.747. The summed E-state index contributed by atoms with van der Waals surface area (Å²) >= 11 is 0. The van der Waals surface area contributed by atoms with Crippen molar-refractivity contribution in [1.29, 1.82) is 0 Å². The van der Waals surface area contributed by atoms with E-state index < -0.39 is 0 Å². The van der Waals surface area contributed by atoms with Gasteiger partial charge in [0.2, 0.25) is 5.91 Å². The number of nitrogens with one attached hydrogen (secondary N) is 1. The summed E-state index contributed by atoms with van der Waals surface area (Å²) < 4.78 is 2.38. The zero-order chi connectivity index (χ0) is 21.5. The third kappa shape index (κ3) is 5.76. The average molecular weight is 418 g/mol. The first-order chi connectivity index (χ1) is 15.2. The Morgan fingerprint density at radius 3 is 2.48 bits per heavy atom. The molecule has 0 radical (unpaired) electrons. The summed E-state index contributed by atoms with van der Waals surface area (Å²) in [4.78, 5) is 14.4. The monoisotopic (exact) mass is 417 g/mol. The van der Waals surface area contributed by atoms with E-state index in [4.69, 9.17) is 0 Å². The maximum atomic E-state index is 11.7. The van der Waals surface area contributed by atoms with Gasteiger partial charge in [-0.25, -0.2) is 0 Å². The fourth-order valence-corrected chi connectivity index (χ4v) is 4.73. The highest BCUT2D eigenvalue weighted by molar-refractivity contribution is 5.90. The molecule has 1 aliphatic rings. The van der Waals surface area contributed by atoms with Crippen molar-refractivity contribution in [3.63, 3.8) is 0 Å². The van der Waals surface area contributed by atoms with Gasteiger partial charge in [-0.3, -0.25) is 4.79 Å². The maximum Gasteiger partial charge on any atom is 0.224 e. The number of carbonyl (C=O) groups is 1. The molecule has 3 aromatic rings. The summed E-state index contributed by atoms with van der Waals surface area (Å²) in [7, 11) is 0. The maximum absolute atomic E-state index is 11.7. The number of para-hydroxylation sites is 1. The van der Waals surface area contributed by atoms with Crippen LogP contribution in [-0.2, 0) is 11.3 Å². The standard InChI is InChI=1S/C27H35N3O/c1-2-7-27(31)28-25-12-10-22(11-13-25)23-14-19-29(20-15-23)17-5-6-18-30-21-16-24-8-3-4-9-26(24)30/h3-4,8-13,16,21,23H,2,5-7,14-15,17-20H2,1H3,(H,28,31). The number of piperidine rings is 1. The van der Waals surface area contributed by atoms with Gasteiger partial charge in [0.05, 0.1) is 0 Å². The van der Waals surface area contributed by atoms with Crippen molar-refractivity contribution in [2.75, 3.05) is 25.0 Å². The first-order valence-corrected chi connectivity index (χ1v) is 11.9. The summed E-state index contributed by atoms with van der Waals surface area (Å²) in [6, 6.07) is 19.4. The van der Waals surface area contributed by atoms with Gasteiger partial charge >= 0.3 is 0 Å². The molecule has 4 heteroatoms. The number of likely N-dealkylation sites (tertiary alicyclic amines) is 1. The summed E-state index contributed by atoms with van der Waals surface area (Å²) in [5.41, 5.74) is 3.67. The number of benzene rings is 2. The molecule has 2 heterocycles. The minimum Gasteiger partial charge on any atom is -0.347 e. The lowest BCUT2D eigenvalue weighted by Gasteiger charge is -2.32. The van der Waals surface area contributed by atoms with Crippen LogP contribution in [-0.4, -0.2) is 35.0 Å². The molecule has 0 bridgehead atoms. The van der Waals surface area contributed by atoms with E-state index in [0.717, 1.165) is 18.7 Å². The van der Waals surface area contributed by atoms with Gasteiger partial charge in [0.15, 0.2) is 0 Å². The van der Waals surface area contributed by atoms with Crippen molar-refractivity contribution in [2.45, 2.75) is 57.9 Å². The molecule has 0 unspecified atom stereocenters. The fourth-order valence-electron chi connectivity index (χ4n) is 4.73. The number of aryl methyl sites for hydroxylation is 1. The topological polar surface area (TPSA) is 37.3 Å². The molecule has 164 valence electrons. The third-order valence-electron chi connectivity index (χ3n) is 6.53. The molecular weight excluding hydrogens is 382 g/mol. The molecule has 4 nitrogen and oxygen atoms in total. The van der Waals surface area contributed by atoms with Crippen LogP contribution >= 0.6 is 0 Å². The highest BCUT2D eigenvalue weighted by atomic mass is 16.1. The molecule has 1 saturated heterocycles. The van der Waals surface area contributed by atoms with Crippen molar-refractivity contribution >= 4 is 22.5 Å². The van der Waals surface area contributed by atoms with Crippen LogP contribution in [0.5, 0.6) is 0 Å². The van der Waals surface area contributed by atoms with Crippen LogP contribution in [0.1, 0.15) is 56.9 Å². The van der Waals surface area contributed by atoms with E-state index in [2.05, 4.69) is 75.6 Å².